The first kappa shape index (κ1) is 50.7. The molecule has 2 amide bonds. The Balaban J connectivity index is 0.000000195. The first-order valence-electron chi connectivity index (χ1n) is 24.3. The van der Waals surface area contributed by atoms with E-state index in [0.29, 0.717) is 87.4 Å². The number of fused-ring (bicyclic) bond motifs is 2. The fourth-order valence-electron chi connectivity index (χ4n) is 9.54. The van der Waals surface area contributed by atoms with Crippen molar-refractivity contribution in [1.29, 1.82) is 0 Å². The van der Waals surface area contributed by atoms with Gasteiger partial charge in [-0.25, -0.2) is 9.59 Å². The third-order valence-corrected chi connectivity index (χ3v) is 13.4. The Labute approximate surface area is 423 Å². The molecule has 2 fully saturated rings. The maximum absolute atomic E-state index is 14.0. The van der Waals surface area contributed by atoms with E-state index >= 15 is 0 Å². The summed E-state index contributed by atoms with van der Waals surface area (Å²) < 4.78 is 14.0. The predicted molar refractivity (Wildman–Crippen MR) is 283 cm³/mol. The van der Waals surface area contributed by atoms with Gasteiger partial charge in [0.05, 0.1) is 48.7 Å². The fourth-order valence-corrected chi connectivity index (χ4v) is 9.67. The number of benzene rings is 5. The molecule has 0 atom stereocenters. The van der Waals surface area contributed by atoms with Gasteiger partial charge in [0.2, 0.25) is 5.91 Å². The molecule has 2 saturated heterocycles. The fraction of sp³-hybridized carbons (Fsp3) is 0.298. The molecule has 9 rings (SSSR count). The van der Waals surface area contributed by atoms with Gasteiger partial charge < -0.3 is 38.2 Å². The highest BCUT2D eigenvalue weighted by Crippen LogP contribution is 2.34. The van der Waals surface area contributed by atoms with Crippen LogP contribution in [-0.4, -0.2) is 108 Å². The Bertz CT molecular complexity index is 3250. The van der Waals surface area contributed by atoms with Gasteiger partial charge in [0, 0.05) is 80.6 Å². The molecule has 372 valence electrons. The van der Waals surface area contributed by atoms with Crippen LogP contribution < -0.4 is 20.9 Å². The van der Waals surface area contributed by atoms with E-state index in [2.05, 4.69) is 0 Å². The minimum atomic E-state index is -0.637. The number of hydrogen-bond acceptors (Lipinski definition) is 10. The average molecular weight is 992 g/mol. The number of carbonyl (C=O) groups excluding carboxylic acids is 4. The molecule has 14 nitrogen and oxygen atoms in total. The van der Waals surface area contributed by atoms with E-state index in [1.807, 2.05) is 121 Å². The number of anilines is 2. The first-order chi connectivity index (χ1) is 34.8. The summed E-state index contributed by atoms with van der Waals surface area (Å²) in [6, 6.07) is 38.1. The number of ether oxygens (including phenoxy) is 2. The lowest BCUT2D eigenvalue weighted by Crippen LogP contribution is -2.49. The molecule has 0 aliphatic carbocycles. The number of nitrogens with zero attached hydrogens (tertiary/aromatic N) is 6. The molecule has 72 heavy (non-hydrogen) atoms. The topological polar surface area (TPSA) is 144 Å². The standard InChI is InChI=1S/C31H30ClN3O4.C26H29N3O4/c1-3-39-31(38)27-28(33-15-17-34(18-16-33)29(36)23-10-12-24(32)13-11-23)25-19-21(2)9-14-26(25)35(30(27)37)20-22-7-5-4-6-8-22;1-4-33-26(32)23-24(28-14-12-27(13-15-28)19(3)30)21-16-18(2)10-11-22(21)29(25(23)31)17-20-8-6-5-7-9-20/h4-14,19H,3,15-18,20H2,1-2H3;5-11,16H,4,12-15,17H2,1-3H3. The minimum absolute atomic E-state index is 0.0271. The van der Waals surface area contributed by atoms with Crippen LogP contribution in [0.5, 0.6) is 0 Å². The molecule has 0 bridgehead atoms. The second kappa shape index (κ2) is 22.6. The van der Waals surface area contributed by atoms with E-state index in [1.54, 1.807) is 64.0 Å². The van der Waals surface area contributed by atoms with E-state index < -0.39 is 11.9 Å². The molecule has 0 unspecified atom stereocenters. The van der Waals surface area contributed by atoms with Crippen molar-refractivity contribution in [2.24, 2.45) is 0 Å². The van der Waals surface area contributed by atoms with Crippen molar-refractivity contribution in [1.82, 2.24) is 18.9 Å². The summed E-state index contributed by atoms with van der Waals surface area (Å²) in [5.74, 6) is -1.30. The van der Waals surface area contributed by atoms with Crippen molar-refractivity contribution in [2.45, 2.75) is 47.7 Å². The number of rotatable bonds is 11. The van der Waals surface area contributed by atoms with Crippen molar-refractivity contribution in [3.05, 3.63) is 186 Å². The zero-order chi connectivity index (χ0) is 51.1. The maximum atomic E-state index is 14.0. The molecule has 0 spiro atoms. The Hall–Kier alpha value is -7.71. The zero-order valence-corrected chi connectivity index (χ0v) is 42.1. The summed E-state index contributed by atoms with van der Waals surface area (Å²) in [7, 11) is 0. The van der Waals surface area contributed by atoms with E-state index in [4.69, 9.17) is 21.1 Å². The SMILES string of the molecule is CCOC(=O)c1c(N2CCN(C(=O)c3ccc(Cl)cc3)CC2)c2cc(C)ccc2n(Cc2ccccc2)c1=O.CCOC(=O)c1c(N2CCN(C(C)=O)CC2)c2cc(C)ccc2n(Cc2ccccc2)c1=O. The van der Waals surface area contributed by atoms with Gasteiger partial charge in [0.15, 0.2) is 0 Å². The number of hydrogen-bond donors (Lipinski definition) is 0. The van der Waals surface area contributed by atoms with Crippen molar-refractivity contribution in [2.75, 3.05) is 75.4 Å². The number of halogens is 1. The molecular formula is C57H59ClN6O8. The zero-order valence-electron chi connectivity index (χ0n) is 41.4. The van der Waals surface area contributed by atoms with Crippen LogP contribution in [-0.2, 0) is 27.4 Å². The summed E-state index contributed by atoms with van der Waals surface area (Å²) in [6.07, 6.45) is 0. The van der Waals surface area contributed by atoms with Crippen molar-refractivity contribution in [3.63, 3.8) is 0 Å². The van der Waals surface area contributed by atoms with Gasteiger partial charge in [-0.2, -0.15) is 0 Å². The predicted octanol–water partition coefficient (Wildman–Crippen LogP) is 8.35. The van der Waals surface area contributed by atoms with Crippen molar-refractivity contribution in [3.8, 4) is 0 Å². The van der Waals surface area contributed by atoms with E-state index in [1.165, 1.54) is 0 Å². The highest BCUT2D eigenvalue weighted by molar-refractivity contribution is 6.30. The molecule has 7 aromatic rings. The van der Waals surface area contributed by atoms with Crippen LogP contribution in [0.15, 0.2) is 131 Å². The van der Waals surface area contributed by atoms with Gasteiger partial charge in [-0.15, -0.1) is 0 Å². The number of pyridine rings is 2. The van der Waals surface area contributed by atoms with Crippen LogP contribution in [0, 0.1) is 13.8 Å². The van der Waals surface area contributed by atoms with Crippen LogP contribution in [0.1, 0.15) is 74.1 Å². The number of aryl methyl sites for hydroxylation is 2. The summed E-state index contributed by atoms with van der Waals surface area (Å²) in [5.41, 5.74) is 6.58. The van der Waals surface area contributed by atoms with E-state index in [-0.39, 0.29) is 47.3 Å². The summed E-state index contributed by atoms with van der Waals surface area (Å²) in [6.45, 7) is 14.0. The monoisotopic (exact) mass is 990 g/mol. The highest BCUT2D eigenvalue weighted by Gasteiger charge is 2.32. The molecular weight excluding hydrogens is 932 g/mol. The second-order valence-electron chi connectivity index (χ2n) is 18.0. The average Bonchev–Trinajstić information content (AvgIpc) is 3.38. The Kier molecular flexibility index (Phi) is 15.9. The maximum Gasteiger partial charge on any atom is 0.345 e. The quantitative estimate of drug-likeness (QED) is 0.116. The molecule has 15 heteroatoms. The number of aromatic nitrogens is 2. The number of amides is 2. The molecule has 5 aromatic carbocycles. The number of piperazine rings is 2. The van der Waals surface area contributed by atoms with Crippen molar-refractivity contribution < 1.29 is 28.7 Å². The summed E-state index contributed by atoms with van der Waals surface area (Å²) >= 11 is 5.98. The van der Waals surface area contributed by atoms with Gasteiger partial charge in [-0.1, -0.05) is 95.5 Å². The third-order valence-electron chi connectivity index (χ3n) is 13.1. The molecule has 2 aromatic heterocycles. The van der Waals surface area contributed by atoms with Gasteiger partial charge in [-0.05, 0) is 87.4 Å². The van der Waals surface area contributed by atoms with Gasteiger partial charge in [0.25, 0.3) is 17.0 Å². The lowest BCUT2D eigenvalue weighted by atomic mass is 10.0. The molecule has 2 aliphatic rings. The summed E-state index contributed by atoms with van der Waals surface area (Å²) in [5, 5.41) is 2.22. The normalized spacial score (nSPS) is 13.7. The van der Waals surface area contributed by atoms with E-state index in [0.717, 1.165) is 44.1 Å². The largest absolute Gasteiger partial charge is 0.462 e. The second-order valence-corrected chi connectivity index (χ2v) is 18.4. The van der Waals surface area contributed by atoms with Crippen LogP contribution in [0.2, 0.25) is 5.02 Å². The van der Waals surface area contributed by atoms with Crippen LogP contribution in [0.4, 0.5) is 11.4 Å². The molecule has 4 heterocycles. The minimum Gasteiger partial charge on any atom is -0.462 e. The first-order valence-corrected chi connectivity index (χ1v) is 24.7. The molecule has 0 radical (unpaired) electrons. The van der Waals surface area contributed by atoms with Crippen LogP contribution in [0.25, 0.3) is 21.8 Å². The van der Waals surface area contributed by atoms with E-state index in [9.17, 15) is 28.8 Å². The summed E-state index contributed by atoms with van der Waals surface area (Å²) in [4.78, 5) is 86.7. The van der Waals surface area contributed by atoms with Crippen LogP contribution in [0.3, 0.4) is 0 Å². The number of carbonyl (C=O) groups is 4. The lowest BCUT2D eigenvalue weighted by Gasteiger charge is -2.37. The Morgan fingerprint density at radius 3 is 1.32 bits per heavy atom. The Morgan fingerprint density at radius 1 is 0.528 bits per heavy atom. The van der Waals surface area contributed by atoms with Gasteiger partial charge >= 0.3 is 11.9 Å². The molecule has 2 aliphatic heterocycles. The van der Waals surface area contributed by atoms with Gasteiger partial charge in [0.1, 0.15) is 11.1 Å². The highest BCUT2D eigenvalue weighted by atomic mass is 35.5. The Morgan fingerprint density at radius 2 is 0.931 bits per heavy atom. The van der Waals surface area contributed by atoms with Gasteiger partial charge in [-0.3, -0.25) is 19.2 Å². The third kappa shape index (κ3) is 10.9. The number of esters is 2. The molecule has 0 saturated carbocycles. The lowest BCUT2D eigenvalue weighted by molar-refractivity contribution is -0.129. The smallest absolute Gasteiger partial charge is 0.345 e. The van der Waals surface area contributed by atoms with Crippen LogP contribution >= 0.6 is 11.6 Å². The molecule has 0 N–H and O–H groups in total. The van der Waals surface area contributed by atoms with Crippen molar-refractivity contribution >= 4 is 68.5 Å².